The van der Waals surface area contributed by atoms with Gasteiger partial charge in [0.1, 0.15) is 5.82 Å². The minimum atomic E-state index is -4.57. The largest absolute Gasteiger partial charge is 0.416 e. The van der Waals surface area contributed by atoms with Crippen molar-refractivity contribution in [1.29, 1.82) is 0 Å². The standard InChI is InChI=1S/C15H19F4NO/c16-12-4-3-11(13(7-12)15(17,18)19)8-20-9-14(10-21)5-1-2-6-14/h3-4,7,20-21H,1-2,5-6,8-10H2. The highest BCUT2D eigenvalue weighted by Crippen LogP contribution is 2.37. The van der Waals surface area contributed by atoms with Crippen molar-refractivity contribution < 1.29 is 22.7 Å². The number of aliphatic hydroxyl groups excluding tert-OH is 1. The number of hydrogen-bond donors (Lipinski definition) is 2. The molecule has 1 aromatic rings. The van der Waals surface area contributed by atoms with Crippen LogP contribution in [-0.4, -0.2) is 18.3 Å². The van der Waals surface area contributed by atoms with Gasteiger partial charge in [-0.15, -0.1) is 0 Å². The maximum atomic E-state index is 13.0. The predicted octanol–water partition coefficient (Wildman–Crippen LogP) is 3.49. The molecule has 1 saturated carbocycles. The summed E-state index contributed by atoms with van der Waals surface area (Å²) in [6, 6.07) is 2.71. The fraction of sp³-hybridized carbons (Fsp3) is 0.600. The topological polar surface area (TPSA) is 32.3 Å². The molecule has 118 valence electrons. The summed E-state index contributed by atoms with van der Waals surface area (Å²) in [5, 5.41) is 12.4. The van der Waals surface area contributed by atoms with Crippen molar-refractivity contribution in [1.82, 2.24) is 5.32 Å². The van der Waals surface area contributed by atoms with Gasteiger partial charge in [0.25, 0.3) is 0 Å². The number of hydrogen-bond acceptors (Lipinski definition) is 2. The summed E-state index contributed by atoms with van der Waals surface area (Å²) in [4.78, 5) is 0. The van der Waals surface area contributed by atoms with Crippen LogP contribution in [0.5, 0.6) is 0 Å². The van der Waals surface area contributed by atoms with E-state index in [9.17, 15) is 22.7 Å². The number of aliphatic hydroxyl groups is 1. The molecule has 0 saturated heterocycles. The molecule has 0 unspecified atom stereocenters. The van der Waals surface area contributed by atoms with Crippen LogP contribution in [0, 0.1) is 11.2 Å². The summed E-state index contributed by atoms with van der Waals surface area (Å²) in [6.45, 7) is 0.518. The fourth-order valence-corrected chi connectivity index (χ4v) is 2.94. The molecule has 2 N–H and O–H groups in total. The third kappa shape index (κ3) is 3.95. The minimum absolute atomic E-state index is 0.0108. The summed E-state index contributed by atoms with van der Waals surface area (Å²) < 4.78 is 51.6. The normalized spacial score (nSPS) is 18.1. The van der Waals surface area contributed by atoms with Crippen LogP contribution in [0.25, 0.3) is 0 Å². The number of nitrogens with one attached hydrogen (secondary N) is 1. The van der Waals surface area contributed by atoms with Crippen molar-refractivity contribution in [2.45, 2.75) is 38.4 Å². The monoisotopic (exact) mass is 305 g/mol. The summed E-state index contributed by atoms with van der Waals surface area (Å²) in [6.07, 6.45) is -0.738. The molecule has 6 heteroatoms. The average Bonchev–Trinajstić information content (AvgIpc) is 2.89. The zero-order valence-corrected chi connectivity index (χ0v) is 11.6. The van der Waals surface area contributed by atoms with Crippen LogP contribution in [-0.2, 0) is 12.7 Å². The van der Waals surface area contributed by atoms with Gasteiger partial charge in [-0.05, 0) is 30.5 Å². The number of benzene rings is 1. The zero-order chi connectivity index (χ0) is 15.5. The second-order valence-corrected chi connectivity index (χ2v) is 5.77. The smallest absolute Gasteiger partial charge is 0.396 e. The Kier molecular flexibility index (Phi) is 4.88. The van der Waals surface area contributed by atoms with Gasteiger partial charge >= 0.3 is 6.18 Å². The highest BCUT2D eigenvalue weighted by atomic mass is 19.4. The van der Waals surface area contributed by atoms with Gasteiger partial charge < -0.3 is 10.4 Å². The second-order valence-electron chi connectivity index (χ2n) is 5.77. The molecular weight excluding hydrogens is 286 g/mol. The lowest BCUT2D eigenvalue weighted by atomic mass is 9.87. The zero-order valence-electron chi connectivity index (χ0n) is 11.6. The minimum Gasteiger partial charge on any atom is -0.396 e. The lowest BCUT2D eigenvalue weighted by molar-refractivity contribution is -0.138. The third-order valence-corrected chi connectivity index (χ3v) is 4.19. The van der Waals surface area contributed by atoms with Crippen molar-refractivity contribution in [3.05, 3.63) is 35.1 Å². The van der Waals surface area contributed by atoms with E-state index in [1.165, 1.54) is 0 Å². The van der Waals surface area contributed by atoms with E-state index in [0.717, 1.165) is 37.8 Å². The summed E-state index contributed by atoms with van der Waals surface area (Å²) in [5.74, 6) is -0.895. The highest BCUT2D eigenvalue weighted by molar-refractivity contribution is 5.30. The second kappa shape index (κ2) is 6.32. The number of halogens is 4. The molecule has 1 fully saturated rings. The van der Waals surface area contributed by atoms with E-state index in [4.69, 9.17) is 0 Å². The molecular formula is C15H19F4NO. The maximum Gasteiger partial charge on any atom is 0.416 e. The van der Waals surface area contributed by atoms with Crippen molar-refractivity contribution in [2.75, 3.05) is 13.2 Å². The quantitative estimate of drug-likeness (QED) is 0.816. The van der Waals surface area contributed by atoms with E-state index in [1.54, 1.807) is 0 Å². The van der Waals surface area contributed by atoms with Crippen molar-refractivity contribution in [3.63, 3.8) is 0 Å². The van der Waals surface area contributed by atoms with E-state index in [2.05, 4.69) is 5.32 Å². The van der Waals surface area contributed by atoms with Gasteiger partial charge in [-0.3, -0.25) is 0 Å². The van der Waals surface area contributed by atoms with Gasteiger partial charge in [-0.2, -0.15) is 13.2 Å². The van der Waals surface area contributed by atoms with Gasteiger partial charge in [0, 0.05) is 25.1 Å². The Labute approximate surface area is 121 Å². The van der Waals surface area contributed by atoms with Gasteiger partial charge in [0.2, 0.25) is 0 Å². The lowest BCUT2D eigenvalue weighted by Gasteiger charge is -2.27. The lowest BCUT2D eigenvalue weighted by Crippen LogP contribution is -2.35. The van der Waals surface area contributed by atoms with Crippen LogP contribution in [0.4, 0.5) is 17.6 Å². The van der Waals surface area contributed by atoms with E-state index >= 15 is 0 Å². The molecule has 0 bridgehead atoms. The summed E-state index contributed by atoms with van der Waals surface area (Å²) >= 11 is 0. The molecule has 2 nitrogen and oxygen atoms in total. The molecule has 1 aliphatic rings. The molecule has 0 spiro atoms. The molecule has 1 aromatic carbocycles. The predicted molar refractivity (Wildman–Crippen MR) is 71.1 cm³/mol. The van der Waals surface area contributed by atoms with Gasteiger partial charge in [0.15, 0.2) is 0 Å². The van der Waals surface area contributed by atoms with E-state index < -0.39 is 17.6 Å². The first kappa shape index (κ1) is 16.2. The third-order valence-electron chi connectivity index (χ3n) is 4.19. The number of alkyl halides is 3. The fourth-order valence-electron chi connectivity index (χ4n) is 2.94. The average molecular weight is 305 g/mol. The molecule has 0 heterocycles. The van der Waals surface area contributed by atoms with E-state index in [-0.39, 0.29) is 24.1 Å². The Balaban J connectivity index is 2.03. The molecule has 1 aliphatic carbocycles. The summed E-state index contributed by atoms with van der Waals surface area (Å²) in [7, 11) is 0. The molecule has 2 rings (SSSR count). The molecule has 21 heavy (non-hydrogen) atoms. The Morgan fingerprint density at radius 3 is 2.43 bits per heavy atom. The summed E-state index contributed by atoms with van der Waals surface area (Å²) in [5.41, 5.74) is -1.15. The Morgan fingerprint density at radius 1 is 1.19 bits per heavy atom. The van der Waals surface area contributed by atoms with E-state index in [1.807, 2.05) is 0 Å². The van der Waals surface area contributed by atoms with Crippen LogP contribution in [0.3, 0.4) is 0 Å². The SMILES string of the molecule is OCC1(CNCc2ccc(F)cc2C(F)(F)F)CCCC1. The first-order valence-electron chi connectivity index (χ1n) is 7.04. The molecule has 0 atom stereocenters. The first-order valence-corrected chi connectivity index (χ1v) is 7.04. The molecule has 0 aromatic heterocycles. The van der Waals surface area contributed by atoms with E-state index in [0.29, 0.717) is 12.6 Å². The van der Waals surface area contributed by atoms with Crippen molar-refractivity contribution in [3.8, 4) is 0 Å². The van der Waals surface area contributed by atoms with Crippen molar-refractivity contribution >= 4 is 0 Å². The van der Waals surface area contributed by atoms with Gasteiger partial charge in [0.05, 0.1) is 5.56 Å². The molecule has 0 radical (unpaired) electrons. The number of rotatable bonds is 5. The van der Waals surface area contributed by atoms with Crippen LogP contribution < -0.4 is 5.32 Å². The highest BCUT2D eigenvalue weighted by Gasteiger charge is 2.35. The van der Waals surface area contributed by atoms with Crippen LogP contribution >= 0.6 is 0 Å². The van der Waals surface area contributed by atoms with Crippen LogP contribution in [0.1, 0.15) is 36.8 Å². The van der Waals surface area contributed by atoms with Crippen LogP contribution in [0.15, 0.2) is 18.2 Å². The molecule has 0 aliphatic heterocycles. The maximum absolute atomic E-state index is 13.0. The van der Waals surface area contributed by atoms with Gasteiger partial charge in [-0.25, -0.2) is 4.39 Å². The van der Waals surface area contributed by atoms with Crippen molar-refractivity contribution in [2.24, 2.45) is 5.41 Å². The Morgan fingerprint density at radius 2 is 1.86 bits per heavy atom. The Bertz CT molecular complexity index is 481. The van der Waals surface area contributed by atoms with Crippen LogP contribution in [0.2, 0.25) is 0 Å². The molecule has 0 amide bonds. The van der Waals surface area contributed by atoms with Gasteiger partial charge in [-0.1, -0.05) is 18.9 Å². The Hall–Kier alpha value is -1.14. The first-order chi connectivity index (χ1) is 9.86.